The Labute approximate surface area is 80.8 Å². The summed E-state index contributed by atoms with van der Waals surface area (Å²) < 4.78 is 5.19. The quantitative estimate of drug-likeness (QED) is 0.637. The lowest BCUT2D eigenvalue weighted by Crippen LogP contribution is -2.16. The monoisotopic (exact) mass is 188 g/mol. The molecule has 0 saturated heterocycles. The Balaban J connectivity index is 2.45. The molecule has 0 aliphatic carbocycles. The number of hydrogen-bond acceptors (Lipinski definition) is 4. The van der Waals surface area contributed by atoms with Crippen molar-refractivity contribution in [1.82, 2.24) is 0 Å². The van der Waals surface area contributed by atoms with Crippen LogP contribution in [0.2, 0.25) is 0 Å². The number of ether oxygens (including phenoxy) is 1. The molecule has 0 atom stereocenters. The molecule has 14 heavy (non-hydrogen) atoms. The molecule has 0 aromatic heterocycles. The zero-order valence-electron chi connectivity index (χ0n) is 7.32. The van der Waals surface area contributed by atoms with Crippen molar-refractivity contribution < 1.29 is 9.84 Å². The van der Waals surface area contributed by atoms with Gasteiger partial charge in [0.2, 0.25) is 5.88 Å². The minimum absolute atomic E-state index is 0.116. The number of nitrogens with two attached hydrogens (primary N) is 1. The fraction of sp³-hybridized carbons (Fsp3) is 0.100. The van der Waals surface area contributed by atoms with Crippen molar-refractivity contribution in [2.45, 2.75) is 6.42 Å². The van der Waals surface area contributed by atoms with E-state index >= 15 is 0 Å². The van der Waals surface area contributed by atoms with Crippen LogP contribution >= 0.6 is 0 Å². The van der Waals surface area contributed by atoms with E-state index in [0.29, 0.717) is 17.7 Å². The zero-order valence-corrected chi connectivity index (χ0v) is 7.32. The molecule has 0 unspecified atom stereocenters. The minimum atomic E-state index is 0.116. The van der Waals surface area contributed by atoms with Gasteiger partial charge in [0.25, 0.3) is 0 Å². The van der Waals surface area contributed by atoms with Crippen molar-refractivity contribution in [3.63, 3.8) is 0 Å². The van der Waals surface area contributed by atoms with Gasteiger partial charge in [0.1, 0.15) is 17.6 Å². The van der Waals surface area contributed by atoms with Crippen molar-refractivity contribution in [2.24, 2.45) is 5.73 Å². The van der Waals surface area contributed by atoms with E-state index < -0.39 is 0 Å². The molecule has 1 aromatic rings. The maximum Gasteiger partial charge on any atom is 0.205 e. The topological polar surface area (TPSA) is 79.3 Å². The van der Waals surface area contributed by atoms with E-state index in [0.717, 1.165) is 5.56 Å². The molecule has 1 aliphatic rings. The molecule has 70 valence electrons. The summed E-state index contributed by atoms with van der Waals surface area (Å²) in [6, 6.07) is 6.73. The van der Waals surface area contributed by atoms with E-state index in [4.69, 9.17) is 15.7 Å². The summed E-state index contributed by atoms with van der Waals surface area (Å²) in [5.74, 6) is 0.754. The van der Waals surface area contributed by atoms with E-state index in [9.17, 15) is 5.11 Å². The maximum absolute atomic E-state index is 9.20. The van der Waals surface area contributed by atoms with Gasteiger partial charge in [-0.3, -0.25) is 0 Å². The first-order valence-electron chi connectivity index (χ1n) is 4.09. The summed E-state index contributed by atoms with van der Waals surface area (Å²) in [6.07, 6.45) is 0.456. The summed E-state index contributed by atoms with van der Waals surface area (Å²) in [5.41, 5.74) is 6.78. The van der Waals surface area contributed by atoms with Crippen molar-refractivity contribution in [2.75, 3.05) is 0 Å². The van der Waals surface area contributed by atoms with Gasteiger partial charge in [-0.2, -0.15) is 5.26 Å². The molecule has 1 aliphatic heterocycles. The summed E-state index contributed by atoms with van der Waals surface area (Å²) in [4.78, 5) is 0. The predicted molar refractivity (Wildman–Crippen MR) is 49.3 cm³/mol. The molecule has 0 bridgehead atoms. The SMILES string of the molecule is N#CC1=C(N)Oc2cc(O)ccc2C1. The largest absolute Gasteiger partial charge is 0.508 e. The van der Waals surface area contributed by atoms with Crippen LogP contribution < -0.4 is 10.5 Å². The fourth-order valence-electron chi connectivity index (χ4n) is 1.34. The van der Waals surface area contributed by atoms with Crippen LogP contribution in [0, 0.1) is 11.3 Å². The Morgan fingerprint density at radius 2 is 2.29 bits per heavy atom. The van der Waals surface area contributed by atoms with Crippen molar-refractivity contribution >= 4 is 0 Å². The fourth-order valence-corrected chi connectivity index (χ4v) is 1.34. The second-order valence-corrected chi connectivity index (χ2v) is 3.03. The highest BCUT2D eigenvalue weighted by atomic mass is 16.5. The summed E-state index contributed by atoms with van der Waals surface area (Å²) in [7, 11) is 0. The first-order valence-corrected chi connectivity index (χ1v) is 4.09. The molecule has 0 fully saturated rings. The molecule has 1 heterocycles. The van der Waals surface area contributed by atoms with E-state index in [-0.39, 0.29) is 11.6 Å². The smallest absolute Gasteiger partial charge is 0.205 e. The molecular formula is C10H8N2O2. The molecule has 4 heteroatoms. The second kappa shape index (κ2) is 2.96. The van der Waals surface area contributed by atoms with E-state index in [1.165, 1.54) is 6.07 Å². The molecule has 3 N–H and O–H groups in total. The van der Waals surface area contributed by atoms with Crippen molar-refractivity contribution in [3.05, 3.63) is 35.2 Å². The molecule has 2 rings (SSSR count). The molecule has 0 saturated carbocycles. The maximum atomic E-state index is 9.20. The molecule has 0 amide bonds. The first kappa shape index (κ1) is 8.45. The van der Waals surface area contributed by atoms with Gasteiger partial charge < -0.3 is 15.6 Å². The number of phenolic OH excluding ortho intramolecular Hbond substituents is 1. The van der Waals surface area contributed by atoms with Crippen molar-refractivity contribution in [1.29, 1.82) is 5.26 Å². The number of nitrogens with zero attached hydrogens (tertiary/aromatic N) is 1. The number of phenols is 1. The Morgan fingerprint density at radius 3 is 3.00 bits per heavy atom. The second-order valence-electron chi connectivity index (χ2n) is 3.03. The van der Waals surface area contributed by atoms with Gasteiger partial charge in [0.05, 0.1) is 5.57 Å². The molecule has 4 nitrogen and oxygen atoms in total. The number of aromatic hydroxyl groups is 1. The third-order valence-electron chi connectivity index (χ3n) is 2.07. The molecule has 0 spiro atoms. The Kier molecular flexibility index (Phi) is 1.79. The van der Waals surface area contributed by atoms with Gasteiger partial charge in [0.15, 0.2) is 0 Å². The van der Waals surface area contributed by atoms with Gasteiger partial charge in [-0.25, -0.2) is 0 Å². The van der Waals surface area contributed by atoms with Crippen LogP contribution in [0.3, 0.4) is 0 Å². The number of fused-ring (bicyclic) bond motifs is 1. The van der Waals surface area contributed by atoms with Gasteiger partial charge in [0, 0.05) is 18.1 Å². The Bertz CT molecular complexity index is 458. The van der Waals surface area contributed by atoms with Crippen LogP contribution in [0.15, 0.2) is 29.7 Å². The highest BCUT2D eigenvalue weighted by Gasteiger charge is 2.17. The van der Waals surface area contributed by atoms with Gasteiger partial charge in [-0.1, -0.05) is 6.07 Å². The highest BCUT2D eigenvalue weighted by molar-refractivity contribution is 5.47. The number of hydrogen-bond donors (Lipinski definition) is 2. The lowest BCUT2D eigenvalue weighted by atomic mass is 10.0. The van der Waals surface area contributed by atoms with Crippen molar-refractivity contribution in [3.8, 4) is 17.6 Å². The average Bonchev–Trinajstić information content (AvgIpc) is 2.16. The van der Waals surface area contributed by atoms with Crippen LogP contribution in [-0.4, -0.2) is 5.11 Å². The lowest BCUT2D eigenvalue weighted by Gasteiger charge is -2.17. The summed E-state index contributed by atoms with van der Waals surface area (Å²) in [5, 5.41) is 17.9. The van der Waals surface area contributed by atoms with Crippen LogP contribution in [0.25, 0.3) is 0 Å². The van der Waals surface area contributed by atoms with Crippen LogP contribution in [-0.2, 0) is 6.42 Å². The molecular weight excluding hydrogens is 180 g/mol. The number of allylic oxidation sites excluding steroid dienone is 1. The zero-order chi connectivity index (χ0) is 10.1. The van der Waals surface area contributed by atoms with Gasteiger partial charge >= 0.3 is 0 Å². The number of benzene rings is 1. The average molecular weight is 188 g/mol. The summed E-state index contributed by atoms with van der Waals surface area (Å²) >= 11 is 0. The summed E-state index contributed by atoms with van der Waals surface area (Å²) in [6.45, 7) is 0. The van der Waals surface area contributed by atoms with E-state index in [1.807, 2.05) is 6.07 Å². The highest BCUT2D eigenvalue weighted by Crippen LogP contribution is 2.31. The minimum Gasteiger partial charge on any atom is -0.508 e. The molecule has 1 aromatic carbocycles. The number of nitriles is 1. The predicted octanol–water partition coefficient (Wildman–Crippen LogP) is 1.02. The first-order chi connectivity index (χ1) is 6.70. The van der Waals surface area contributed by atoms with E-state index in [2.05, 4.69) is 0 Å². The Morgan fingerprint density at radius 1 is 1.50 bits per heavy atom. The third-order valence-corrected chi connectivity index (χ3v) is 2.07. The normalized spacial score (nSPS) is 14.2. The van der Waals surface area contributed by atoms with E-state index in [1.54, 1.807) is 12.1 Å². The Hall–Kier alpha value is -2.15. The van der Waals surface area contributed by atoms with Crippen LogP contribution in [0.5, 0.6) is 11.5 Å². The number of rotatable bonds is 0. The van der Waals surface area contributed by atoms with Crippen LogP contribution in [0.4, 0.5) is 0 Å². The van der Waals surface area contributed by atoms with Gasteiger partial charge in [-0.05, 0) is 6.07 Å². The standard InChI is InChI=1S/C10H8N2O2/c11-5-7-3-6-1-2-8(13)4-9(6)14-10(7)12/h1-2,4,13H,3,12H2. The molecule has 0 radical (unpaired) electrons. The lowest BCUT2D eigenvalue weighted by molar-refractivity contribution is 0.393. The van der Waals surface area contributed by atoms with Crippen LogP contribution in [0.1, 0.15) is 5.56 Å². The van der Waals surface area contributed by atoms with Gasteiger partial charge in [-0.15, -0.1) is 0 Å². The third kappa shape index (κ3) is 1.25.